The van der Waals surface area contributed by atoms with Crippen molar-refractivity contribution in [1.29, 1.82) is 0 Å². The van der Waals surface area contributed by atoms with Gasteiger partial charge in [0.2, 0.25) is 10.0 Å². The van der Waals surface area contributed by atoms with Crippen LogP contribution in [-0.2, 0) is 33.0 Å². The molecule has 9 heteroatoms. The van der Waals surface area contributed by atoms with Crippen molar-refractivity contribution in [3.05, 3.63) is 53.1 Å². The van der Waals surface area contributed by atoms with Crippen molar-refractivity contribution in [3.8, 4) is 5.75 Å². The van der Waals surface area contributed by atoms with E-state index in [4.69, 9.17) is 4.74 Å². The quantitative estimate of drug-likeness (QED) is 0.718. The zero-order valence-electron chi connectivity index (χ0n) is 16.8. The van der Waals surface area contributed by atoms with Crippen LogP contribution in [-0.4, -0.2) is 40.5 Å². The number of methoxy groups -OCH3 is 1. The summed E-state index contributed by atoms with van der Waals surface area (Å²) in [5.41, 5.74) is 2.99. The van der Waals surface area contributed by atoms with Gasteiger partial charge in [-0.2, -0.15) is 4.31 Å². The molecule has 29 heavy (non-hydrogen) atoms. The number of anilines is 1. The lowest BCUT2D eigenvalue weighted by molar-refractivity contribution is 0.391. The fourth-order valence-electron chi connectivity index (χ4n) is 3.45. The number of rotatable bonds is 7. The number of nitrogens with one attached hydrogen (secondary N) is 1. The van der Waals surface area contributed by atoms with Gasteiger partial charge in [-0.25, -0.2) is 16.8 Å². The van der Waals surface area contributed by atoms with Crippen LogP contribution in [0, 0.1) is 6.92 Å². The monoisotopic (exact) mass is 438 g/mol. The van der Waals surface area contributed by atoms with Gasteiger partial charge >= 0.3 is 0 Å². The maximum atomic E-state index is 12.8. The lowest BCUT2D eigenvalue weighted by Crippen LogP contribution is -2.37. The number of fused-ring (bicyclic) bond motifs is 1. The topological polar surface area (TPSA) is 92.8 Å². The van der Waals surface area contributed by atoms with Gasteiger partial charge in [-0.05, 0) is 66.8 Å². The number of ether oxygens (including phenoxy) is 1. The average Bonchev–Trinajstić information content (AvgIpc) is 2.67. The molecule has 1 aliphatic rings. The molecule has 2 aromatic carbocycles. The van der Waals surface area contributed by atoms with Crippen molar-refractivity contribution in [3.63, 3.8) is 0 Å². The highest BCUT2D eigenvalue weighted by atomic mass is 32.2. The molecule has 0 amide bonds. The molecule has 3 rings (SSSR count). The van der Waals surface area contributed by atoms with Crippen LogP contribution in [0.15, 0.2) is 41.3 Å². The van der Waals surface area contributed by atoms with Gasteiger partial charge in [-0.15, -0.1) is 0 Å². The molecule has 1 aliphatic heterocycles. The van der Waals surface area contributed by atoms with E-state index in [-0.39, 0.29) is 17.2 Å². The smallest absolute Gasteiger partial charge is 0.261 e. The Bertz CT molecular complexity index is 1110. The molecule has 2 aromatic rings. The first-order valence-electron chi connectivity index (χ1n) is 9.43. The van der Waals surface area contributed by atoms with Gasteiger partial charge in [-0.1, -0.05) is 13.0 Å². The number of aryl methyl sites for hydroxylation is 1. The van der Waals surface area contributed by atoms with Crippen molar-refractivity contribution in [1.82, 2.24) is 4.31 Å². The third-order valence-electron chi connectivity index (χ3n) is 4.97. The lowest BCUT2D eigenvalue weighted by atomic mass is 10.0. The summed E-state index contributed by atoms with van der Waals surface area (Å²) in [6.07, 6.45) is 1.18. The van der Waals surface area contributed by atoms with Gasteiger partial charge in [0.25, 0.3) is 10.0 Å². The number of benzene rings is 2. The first-order chi connectivity index (χ1) is 13.7. The molecule has 0 aromatic heterocycles. The molecule has 0 bridgehead atoms. The van der Waals surface area contributed by atoms with Crippen LogP contribution in [0.3, 0.4) is 0 Å². The minimum absolute atomic E-state index is 0.117. The molecule has 0 unspecified atom stereocenters. The third kappa shape index (κ3) is 4.73. The Kier molecular flexibility index (Phi) is 6.21. The van der Waals surface area contributed by atoms with Crippen LogP contribution in [0.1, 0.15) is 30.0 Å². The van der Waals surface area contributed by atoms with Gasteiger partial charge < -0.3 is 4.74 Å². The van der Waals surface area contributed by atoms with E-state index < -0.39 is 20.0 Å². The second-order valence-electron chi connectivity index (χ2n) is 7.12. The lowest BCUT2D eigenvalue weighted by Gasteiger charge is -2.28. The molecule has 0 saturated carbocycles. The van der Waals surface area contributed by atoms with Crippen molar-refractivity contribution in [2.75, 3.05) is 24.1 Å². The highest BCUT2D eigenvalue weighted by Gasteiger charge is 2.26. The van der Waals surface area contributed by atoms with Crippen LogP contribution >= 0.6 is 0 Å². The van der Waals surface area contributed by atoms with Crippen molar-refractivity contribution < 1.29 is 21.6 Å². The van der Waals surface area contributed by atoms with Crippen LogP contribution in [0.5, 0.6) is 5.75 Å². The van der Waals surface area contributed by atoms with Gasteiger partial charge in [-0.3, -0.25) is 4.72 Å². The second-order valence-corrected chi connectivity index (χ2v) is 10.9. The normalized spacial score (nSPS) is 15.0. The zero-order chi connectivity index (χ0) is 21.2. The van der Waals surface area contributed by atoms with E-state index in [1.807, 2.05) is 13.0 Å². The standard InChI is InChI=1S/C20H26N2O5S2/c1-4-11-28(23,24)22-10-9-16-5-6-18(13-17(16)14-22)21-29(25,26)19-7-8-20(27-3)15(2)12-19/h5-8,12-13,21H,4,9-11,14H2,1-3H3. The summed E-state index contributed by atoms with van der Waals surface area (Å²) in [6.45, 7) is 4.33. The molecule has 0 fully saturated rings. The predicted molar refractivity (Wildman–Crippen MR) is 113 cm³/mol. The minimum Gasteiger partial charge on any atom is -0.496 e. The minimum atomic E-state index is -3.78. The molecule has 0 radical (unpaired) electrons. The Hall–Kier alpha value is -2.10. The van der Waals surface area contributed by atoms with E-state index >= 15 is 0 Å². The molecule has 158 valence electrons. The fourth-order valence-corrected chi connectivity index (χ4v) is 6.06. The first kappa shape index (κ1) is 21.6. The Labute approximate surface area is 172 Å². The van der Waals surface area contributed by atoms with Gasteiger partial charge in [0, 0.05) is 18.8 Å². The predicted octanol–water partition coefficient (Wildman–Crippen LogP) is 2.90. The fraction of sp³-hybridized carbons (Fsp3) is 0.400. The molecule has 0 spiro atoms. The molecule has 0 atom stereocenters. The van der Waals surface area contributed by atoms with Crippen LogP contribution in [0.4, 0.5) is 5.69 Å². The third-order valence-corrected chi connectivity index (χ3v) is 8.37. The van der Waals surface area contributed by atoms with Gasteiger partial charge in [0.15, 0.2) is 0 Å². The van der Waals surface area contributed by atoms with Crippen LogP contribution in [0.2, 0.25) is 0 Å². The van der Waals surface area contributed by atoms with Gasteiger partial charge in [0.1, 0.15) is 5.75 Å². The molecule has 1 heterocycles. The second kappa shape index (κ2) is 8.33. The molecule has 0 aliphatic carbocycles. The Morgan fingerprint density at radius 1 is 1.07 bits per heavy atom. The number of hydrogen-bond donors (Lipinski definition) is 1. The summed E-state index contributed by atoms with van der Waals surface area (Å²) < 4.78 is 59.6. The average molecular weight is 439 g/mol. The molecular weight excluding hydrogens is 412 g/mol. The summed E-state index contributed by atoms with van der Waals surface area (Å²) in [4.78, 5) is 0.140. The molecular formula is C20H26N2O5S2. The highest BCUT2D eigenvalue weighted by molar-refractivity contribution is 7.92. The van der Waals surface area contributed by atoms with Crippen molar-refractivity contribution >= 4 is 25.7 Å². The van der Waals surface area contributed by atoms with E-state index in [9.17, 15) is 16.8 Å². The van der Waals surface area contributed by atoms with Crippen LogP contribution < -0.4 is 9.46 Å². The summed E-state index contributed by atoms with van der Waals surface area (Å²) in [7, 11) is -5.54. The maximum absolute atomic E-state index is 12.8. The largest absolute Gasteiger partial charge is 0.496 e. The summed E-state index contributed by atoms with van der Waals surface area (Å²) in [5.74, 6) is 0.733. The number of nitrogens with zero attached hydrogens (tertiary/aromatic N) is 1. The van der Waals surface area contributed by atoms with E-state index in [2.05, 4.69) is 4.72 Å². The summed E-state index contributed by atoms with van der Waals surface area (Å²) in [5, 5.41) is 0. The SMILES string of the molecule is CCCS(=O)(=O)N1CCc2ccc(NS(=O)(=O)c3ccc(OC)c(C)c3)cc2C1. The first-order valence-corrected chi connectivity index (χ1v) is 12.5. The Morgan fingerprint density at radius 3 is 2.48 bits per heavy atom. The van der Waals surface area contributed by atoms with E-state index in [0.29, 0.717) is 30.8 Å². The van der Waals surface area contributed by atoms with E-state index in [0.717, 1.165) is 16.7 Å². The van der Waals surface area contributed by atoms with Crippen LogP contribution in [0.25, 0.3) is 0 Å². The summed E-state index contributed by atoms with van der Waals surface area (Å²) in [6, 6.07) is 9.95. The summed E-state index contributed by atoms with van der Waals surface area (Å²) >= 11 is 0. The Balaban J connectivity index is 1.84. The molecule has 7 nitrogen and oxygen atoms in total. The molecule has 1 N–H and O–H groups in total. The highest BCUT2D eigenvalue weighted by Crippen LogP contribution is 2.27. The maximum Gasteiger partial charge on any atom is 0.261 e. The number of hydrogen-bond acceptors (Lipinski definition) is 5. The molecule has 0 saturated heterocycles. The Morgan fingerprint density at radius 2 is 1.83 bits per heavy atom. The van der Waals surface area contributed by atoms with Crippen molar-refractivity contribution in [2.45, 2.75) is 38.1 Å². The van der Waals surface area contributed by atoms with E-state index in [1.165, 1.54) is 17.5 Å². The zero-order valence-corrected chi connectivity index (χ0v) is 18.4. The van der Waals surface area contributed by atoms with Crippen molar-refractivity contribution in [2.24, 2.45) is 0 Å². The van der Waals surface area contributed by atoms with E-state index in [1.54, 1.807) is 31.2 Å². The van der Waals surface area contributed by atoms with Gasteiger partial charge in [0.05, 0.1) is 17.8 Å². The number of sulfonamides is 2.